The predicted molar refractivity (Wildman–Crippen MR) is 74.3 cm³/mol. The average molecular weight is 330 g/mol. The first-order valence-electron chi connectivity index (χ1n) is 5.60. The van der Waals surface area contributed by atoms with Crippen LogP contribution in [0.25, 0.3) is 0 Å². The molecule has 2 aromatic rings. The molecule has 96 valence electrons. The topological polar surface area (TPSA) is 37.8 Å². The Labute approximate surface area is 118 Å². The van der Waals surface area contributed by atoms with Crippen LogP contribution in [0.1, 0.15) is 29.1 Å². The number of aryl methyl sites for hydroxylation is 1. The van der Waals surface area contributed by atoms with E-state index in [4.69, 9.17) is 0 Å². The molecule has 1 aromatic carbocycles. The molecule has 0 aliphatic carbocycles. The van der Waals surface area contributed by atoms with Gasteiger partial charge in [-0.05, 0) is 43.2 Å². The van der Waals surface area contributed by atoms with E-state index >= 15 is 0 Å². The fraction of sp³-hybridized carbons (Fsp3) is 0.333. The average Bonchev–Trinajstić information content (AvgIpc) is 2.83. The highest BCUT2D eigenvalue weighted by molar-refractivity contribution is 9.10. The third kappa shape index (κ3) is 2.60. The first-order chi connectivity index (χ1) is 8.67. The number of rotatable bonds is 4. The number of nitrogens with one attached hydrogen (secondary N) is 1. The summed E-state index contributed by atoms with van der Waals surface area (Å²) < 4.78 is 18.8. The van der Waals surface area contributed by atoms with Gasteiger partial charge in [0.1, 0.15) is 5.82 Å². The quantitative estimate of drug-likeness (QED) is 0.935. The van der Waals surface area contributed by atoms with Gasteiger partial charge in [0.15, 0.2) is 0 Å². The van der Waals surface area contributed by atoms with Crippen molar-refractivity contribution in [2.45, 2.75) is 19.4 Å². The zero-order valence-electron chi connectivity index (χ0n) is 10.1. The summed E-state index contributed by atoms with van der Waals surface area (Å²) in [7, 11) is 1.81. The Balaban J connectivity index is 2.48. The second-order valence-corrected chi connectivity index (χ2v) is 5.53. The standard InChI is InChI=1S/C12H13BrFN3S/c1-3-10-12(18-17-16-10)11(15-2)8-6-7(13)4-5-9(8)14/h4-6,11,15H,3H2,1-2H3. The summed E-state index contributed by atoms with van der Waals surface area (Å²) in [5, 5.41) is 7.21. The second-order valence-electron chi connectivity index (χ2n) is 3.82. The summed E-state index contributed by atoms with van der Waals surface area (Å²) in [4.78, 5) is 0.969. The van der Waals surface area contributed by atoms with Crippen LogP contribution in [0, 0.1) is 5.82 Å². The van der Waals surface area contributed by atoms with Gasteiger partial charge in [0.05, 0.1) is 16.6 Å². The fourth-order valence-corrected chi connectivity index (χ4v) is 3.09. The summed E-state index contributed by atoms with van der Waals surface area (Å²) in [5.41, 5.74) is 1.52. The molecule has 0 saturated carbocycles. The molecule has 0 amide bonds. The molecule has 1 aromatic heterocycles. The number of hydrogen-bond acceptors (Lipinski definition) is 4. The van der Waals surface area contributed by atoms with E-state index in [0.717, 1.165) is 21.5 Å². The van der Waals surface area contributed by atoms with E-state index < -0.39 is 0 Å². The van der Waals surface area contributed by atoms with Crippen molar-refractivity contribution >= 4 is 27.5 Å². The zero-order valence-corrected chi connectivity index (χ0v) is 12.5. The van der Waals surface area contributed by atoms with Crippen molar-refractivity contribution in [3.8, 4) is 0 Å². The molecule has 0 saturated heterocycles. The van der Waals surface area contributed by atoms with E-state index in [1.807, 2.05) is 14.0 Å². The van der Waals surface area contributed by atoms with E-state index in [9.17, 15) is 4.39 Å². The number of nitrogens with zero attached hydrogens (tertiary/aromatic N) is 2. The Morgan fingerprint density at radius 2 is 2.28 bits per heavy atom. The summed E-state index contributed by atoms with van der Waals surface area (Å²) in [6.07, 6.45) is 0.791. The lowest BCUT2D eigenvalue weighted by atomic mass is 10.0. The molecule has 0 fully saturated rings. The number of aromatic nitrogens is 2. The van der Waals surface area contributed by atoms with E-state index in [2.05, 4.69) is 30.8 Å². The van der Waals surface area contributed by atoms with Crippen molar-refractivity contribution in [3.63, 3.8) is 0 Å². The van der Waals surface area contributed by atoms with Gasteiger partial charge in [-0.3, -0.25) is 0 Å². The summed E-state index contributed by atoms with van der Waals surface area (Å²) in [6, 6.07) is 4.73. The van der Waals surface area contributed by atoms with Gasteiger partial charge in [-0.1, -0.05) is 27.3 Å². The Kier molecular flexibility index (Phi) is 4.42. The molecular formula is C12H13BrFN3S. The molecule has 0 bridgehead atoms. The Hall–Kier alpha value is -0.850. The first-order valence-corrected chi connectivity index (χ1v) is 7.17. The summed E-state index contributed by atoms with van der Waals surface area (Å²) in [6.45, 7) is 2.02. The molecule has 1 heterocycles. The predicted octanol–water partition coefficient (Wildman–Crippen LogP) is 3.31. The van der Waals surface area contributed by atoms with Gasteiger partial charge in [0.2, 0.25) is 0 Å². The molecule has 2 rings (SSSR count). The van der Waals surface area contributed by atoms with Gasteiger partial charge in [-0.15, -0.1) is 5.10 Å². The Bertz CT molecular complexity index is 544. The van der Waals surface area contributed by atoms with Crippen LogP contribution in [-0.4, -0.2) is 16.6 Å². The van der Waals surface area contributed by atoms with Crippen molar-refractivity contribution in [1.82, 2.24) is 14.9 Å². The minimum Gasteiger partial charge on any atom is -0.308 e. The molecule has 3 nitrogen and oxygen atoms in total. The molecule has 1 N–H and O–H groups in total. The van der Waals surface area contributed by atoms with E-state index in [-0.39, 0.29) is 11.9 Å². The minimum absolute atomic E-state index is 0.211. The monoisotopic (exact) mass is 329 g/mol. The highest BCUT2D eigenvalue weighted by atomic mass is 79.9. The second kappa shape index (κ2) is 5.86. The zero-order chi connectivity index (χ0) is 13.1. The highest BCUT2D eigenvalue weighted by Gasteiger charge is 2.21. The van der Waals surface area contributed by atoms with Crippen molar-refractivity contribution < 1.29 is 4.39 Å². The third-order valence-electron chi connectivity index (χ3n) is 2.74. The van der Waals surface area contributed by atoms with Crippen LogP contribution in [0.5, 0.6) is 0 Å². The molecule has 6 heteroatoms. The largest absolute Gasteiger partial charge is 0.308 e. The number of benzene rings is 1. The molecule has 0 spiro atoms. The maximum atomic E-state index is 13.9. The van der Waals surface area contributed by atoms with Gasteiger partial charge in [0, 0.05) is 10.0 Å². The fourth-order valence-electron chi connectivity index (χ4n) is 1.84. The van der Waals surface area contributed by atoms with Gasteiger partial charge >= 0.3 is 0 Å². The Morgan fingerprint density at radius 1 is 1.50 bits per heavy atom. The molecular weight excluding hydrogens is 317 g/mol. The van der Waals surface area contributed by atoms with E-state index in [0.29, 0.717) is 5.56 Å². The molecule has 0 aliphatic rings. The van der Waals surface area contributed by atoms with Crippen molar-refractivity contribution in [3.05, 3.63) is 44.6 Å². The smallest absolute Gasteiger partial charge is 0.128 e. The van der Waals surface area contributed by atoms with Crippen molar-refractivity contribution in [1.29, 1.82) is 0 Å². The Morgan fingerprint density at radius 3 is 2.94 bits per heavy atom. The van der Waals surface area contributed by atoms with Crippen molar-refractivity contribution in [2.75, 3.05) is 7.05 Å². The lowest BCUT2D eigenvalue weighted by Gasteiger charge is -2.16. The maximum Gasteiger partial charge on any atom is 0.128 e. The molecule has 0 aliphatic heterocycles. The van der Waals surface area contributed by atoms with Crippen LogP contribution in [0.15, 0.2) is 22.7 Å². The minimum atomic E-state index is -0.229. The molecule has 1 atom stereocenters. The van der Waals surface area contributed by atoms with Gasteiger partial charge in [0.25, 0.3) is 0 Å². The molecule has 18 heavy (non-hydrogen) atoms. The number of hydrogen-bond donors (Lipinski definition) is 1. The highest BCUT2D eigenvalue weighted by Crippen LogP contribution is 2.30. The van der Waals surface area contributed by atoms with Crippen LogP contribution < -0.4 is 5.32 Å². The lowest BCUT2D eigenvalue weighted by Crippen LogP contribution is -2.19. The van der Waals surface area contributed by atoms with E-state index in [1.54, 1.807) is 12.1 Å². The SMILES string of the molecule is CCc1nnsc1C(NC)c1cc(Br)ccc1F. The summed E-state index contributed by atoms with van der Waals surface area (Å²) in [5.74, 6) is -0.229. The van der Waals surface area contributed by atoms with Crippen LogP contribution in [0.2, 0.25) is 0 Å². The first kappa shape index (κ1) is 13.6. The van der Waals surface area contributed by atoms with Gasteiger partial charge < -0.3 is 5.32 Å². The molecule has 1 unspecified atom stereocenters. The van der Waals surface area contributed by atoms with Gasteiger partial charge in [-0.2, -0.15) is 0 Å². The van der Waals surface area contributed by atoms with Crippen LogP contribution >= 0.6 is 27.5 Å². The van der Waals surface area contributed by atoms with Crippen LogP contribution in [-0.2, 0) is 6.42 Å². The molecule has 0 radical (unpaired) electrons. The maximum absolute atomic E-state index is 13.9. The number of halogens is 2. The van der Waals surface area contributed by atoms with E-state index in [1.165, 1.54) is 17.6 Å². The third-order valence-corrected chi connectivity index (χ3v) is 4.06. The van der Waals surface area contributed by atoms with Crippen LogP contribution in [0.4, 0.5) is 4.39 Å². The van der Waals surface area contributed by atoms with Crippen molar-refractivity contribution in [2.24, 2.45) is 0 Å². The van der Waals surface area contributed by atoms with Gasteiger partial charge in [-0.25, -0.2) is 4.39 Å². The lowest BCUT2D eigenvalue weighted by molar-refractivity contribution is 0.577. The van der Waals surface area contributed by atoms with Crippen LogP contribution in [0.3, 0.4) is 0 Å². The summed E-state index contributed by atoms with van der Waals surface area (Å²) >= 11 is 4.68. The normalized spacial score (nSPS) is 12.7.